The molecule has 0 aliphatic heterocycles. The molecular formula is C21H20N2O5. The number of amides is 1. The topological polar surface area (TPSA) is 90.7 Å². The number of aromatic nitrogens is 1. The number of nitrogens with one attached hydrogen (secondary N) is 1. The van der Waals surface area contributed by atoms with E-state index in [4.69, 9.17) is 14.0 Å². The molecule has 0 saturated heterocycles. The highest BCUT2D eigenvalue weighted by Crippen LogP contribution is 2.25. The molecule has 1 aromatic heterocycles. The monoisotopic (exact) mass is 380 g/mol. The quantitative estimate of drug-likeness (QED) is 0.633. The molecule has 0 saturated carbocycles. The maximum Gasteiger partial charge on any atom is 0.344 e. The zero-order valence-corrected chi connectivity index (χ0v) is 15.6. The van der Waals surface area contributed by atoms with Crippen LogP contribution in [-0.2, 0) is 16.1 Å². The number of rotatable bonds is 7. The van der Waals surface area contributed by atoms with E-state index in [-0.39, 0.29) is 5.56 Å². The minimum Gasteiger partial charge on any atom is -0.497 e. The van der Waals surface area contributed by atoms with Gasteiger partial charge in [-0.2, -0.15) is 0 Å². The lowest BCUT2D eigenvalue weighted by Crippen LogP contribution is -2.28. The first-order valence-electron chi connectivity index (χ1n) is 8.67. The number of carbonyl (C=O) groups excluding carboxylic acids is 2. The van der Waals surface area contributed by atoms with Crippen LogP contribution in [0, 0.1) is 6.92 Å². The van der Waals surface area contributed by atoms with Gasteiger partial charge in [-0.05, 0) is 24.6 Å². The Kier molecular flexibility index (Phi) is 6.06. The van der Waals surface area contributed by atoms with Crippen LogP contribution in [0.2, 0.25) is 0 Å². The highest BCUT2D eigenvalue weighted by molar-refractivity contribution is 5.98. The second-order valence-corrected chi connectivity index (χ2v) is 6.03. The van der Waals surface area contributed by atoms with Crippen molar-refractivity contribution < 1.29 is 23.6 Å². The summed E-state index contributed by atoms with van der Waals surface area (Å²) in [7, 11) is 1.58. The standard InChI is InChI=1S/C21H20N2O5/c1-14-19(20(23-28-14)16-8-4-3-5-9-16)21(25)27-13-18(24)22-12-15-7-6-10-17(11-15)26-2/h3-11H,12-13H2,1-2H3,(H,22,24). The van der Waals surface area contributed by atoms with Gasteiger partial charge in [-0.1, -0.05) is 47.6 Å². The molecule has 0 radical (unpaired) electrons. The Balaban J connectivity index is 1.58. The SMILES string of the molecule is COc1cccc(CNC(=O)COC(=O)c2c(-c3ccccc3)noc2C)c1. The number of hydrogen-bond acceptors (Lipinski definition) is 6. The van der Waals surface area contributed by atoms with Crippen LogP contribution in [0.25, 0.3) is 11.3 Å². The highest BCUT2D eigenvalue weighted by Gasteiger charge is 2.23. The molecule has 7 heteroatoms. The first-order valence-corrected chi connectivity index (χ1v) is 8.67. The van der Waals surface area contributed by atoms with Crippen molar-refractivity contribution in [3.8, 4) is 17.0 Å². The second-order valence-electron chi connectivity index (χ2n) is 6.03. The number of ether oxygens (including phenoxy) is 2. The molecular weight excluding hydrogens is 360 g/mol. The summed E-state index contributed by atoms with van der Waals surface area (Å²) in [5.41, 5.74) is 2.21. The zero-order valence-electron chi connectivity index (χ0n) is 15.6. The Morgan fingerprint density at radius 2 is 1.89 bits per heavy atom. The normalized spacial score (nSPS) is 10.4. The maximum absolute atomic E-state index is 12.5. The van der Waals surface area contributed by atoms with E-state index in [1.807, 2.05) is 54.6 Å². The molecule has 0 unspecified atom stereocenters. The number of esters is 1. The molecule has 28 heavy (non-hydrogen) atoms. The smallest absolute Gasteiger partial charge is 0.344 e. The second kappa shape index (κ2) is 8.85. The van der Waals surface area contributed by atoms with Crippen LogP contribution in [0.1, 0.15) is 21.7 Å². The van der Waals surface area contributed by atoms with E-state index < -0.39 is 18.5 Å². The van der Waals surface area contributed by atoms with E-state index in [0.29, 0.717) is 23.7 Å². The maximum atomic E-state index is 12.5. The summed E-state index contributed by atoms with van der Waals surface area (Å²) in [6.07, 6.45) is 0. The molecule has 0 fully saturated rings. The minimum atomic E-state index is -0.658. The third-order valence-corrected chi connectivity index (χ3v) is 4.07. The fourth-order valence-electron chi connectivity index (χ4n) is 2.64. The third kappa shape index (κ3) is 4.56. The predicted molar refractivity (Wildman–Crippen MR) is 102 cm³/mol. The fourth-order valence-corrected chi connectivity index (χ4v) is 2.64. The summed E-state index contributed by atoms with van der Waals surface area (Å²) in [6.45, 7) is 1.52. The van der Waals surface area contributed by atoms with Crippen molar-refractivity contribution in [1.82, 2.24) is 10.5 Å². The largest absolute Gasteiger partial charge is 0.497 e. The van der Waals surface area contributed by atoms with E-state index >= 15 is 0 Å². The van der Waals surface area contributed by atoms with Crippen molar-refractivity contribution >= 4 is 11.9 Å². The number of nitrogens with zero attached hydrogens (tertiary/aromatic N) is 1. The number of carbonyl (C=O) groups is 2. The molecule has 0 spiro atoms. The summed E-state index contributed by atoms with van der Waals surface area (Å²) in [5, 5.41) is 6.64. The van der Waals surface area contributed by atoms with Gasteiger partial charge in [0.05, 0.1) is 7.11 Å². The van der Waals surface area contributed by atoms with Gasteiger partial charge in [-0.25, -0.2) is 4.79 Å². The molecule has 0 bridgehead atoms. The minimum absolute atomic E-state index is 0.215. The molecule has 1 heterocycles. The van der Waals surface area contributed by atoms with Gasteiger partial charge in [0.15, 0.2) is 6.61 Å². The third-order valence-electron chi connectivity index (χ3n) is 4.07. The highest BCUT2D eigenvalue weighted by atomic mass is 16.5. The zero-order chi connectivity index (χ0) is 19.9. The molecule has 2 aromatic carbocycles. The van der Waals surface area contributed by atoms with Gasteiger partial charge in [0.25, 0.3) is 5.91 Å². The summed E-state index contributed by atoms with van der Waals surface area (Å²) >= 11 is 0. The van der Waals surface area contributed by atoms with E-state index in [2.05, 4.69) is 10.5 Å². The number of benzene rings is 2. The van der Waals surface area contributed by atoms with Gasteiger partial charge in [0.1, 0.15) is 22.8 Å². The van der Waals surface area contributed by atoms with E-state index in [1.54, 1.807) is 14.0 Å². The summed E-state index contributed by atoms with van der Waals surface area (Å²) in [4.78, 5) is 24.5. The molecule has 1 N–H and O–H groups in total. The Bertz CT molecular complexity index is 966. The Labute approximate surface area is 162 Å². The number of aryl methyl sites for hydroxylation is 1. The van der Waals surface area contributed by atoms with Gasteiger partial charge < -0.3 is 19.3 Å². The van der Waals surface area contributed by atoms with Crippen LogP contribution in [0.15, 0.2) is 59.1 Å². The van der Waals surface area contributed by atoms with Crippen LogP contribution < -0.4 is 10.1 Å². The number of methoxy groups -OCH3 is 1. The Hall–Kier alpha value is -3.61. The van der Waals surface area contributed by atoms with Crippen molar-refractivity contribution in [2.24, 2.45) is 0 Å². The van der Waals surface area contributed by atoms with E-state index in [9.17, 15) is 9.59 Å². The van der Waals surface area contributed by atoms with Crippen LogP contribution in [0.4, 0.5) is 0 Å². The van der Waals surface area contributed by atoms with Gasteiger partial charge in [-0.3, -0.25) is 4.79 Å². The molecule has 0 aliphatic carbocycles. The van der Waals surface area contributed by atoms with Gasteiger partial charge in [0.2, 0.25) is 0 Å². The average Bonchev–Trinajstić information content (AvgIpc) is 3.12. The van der Waals surface area contributed by atoms with E-state index in [1.165, 1.54) is 0 Å². The van der Waals surface area contributed by atoms with Gasteiger partial charge in [-0.15, -0.1) is 0 Å². The molecule has 3 aromatic rings. The lowest BCUT2D eigenvalue weighted by Gasteiger charge is -2.08. The molecule has 1 amide bonds. The van der Waals surface area contributed by atoms with Crippen molar-refractivity contribution in [1.29, 1.82) is 0 Å². The molecule has 0 aliphatic rings. The van der Waals surface area contributed by atoms with Crippen molar-refractivity contribution in [3.05, 3.63) is 71.5 Å². The predicted octanol–water partition coefficient (Wildman–Crippen LogP) is 3.13. The first kappa shape index (κ1) is 19.2. The lowest BCUT2D eigenvalue weighted by molar-refractivity contribution is -0.124. The summed E-state index contributed by atoms with van der Waals surface area (Å²) < 4.78 is 15.4. The van der Waals surface area contributed by atoms with Crippen LogP contribution in [-0.4, -0.2) is 30.7 Å². The lowest BCUT2D eigenvalue weighted by atomic mass is 10.1. The number of hydrogen-bond donors (Lipinski definition) is 1. The first-order chi connectivity index (χ1) is 13.6. The van der Waals surface area contributed by atoms with Gasteiger partial charge >= 0.3 is 5.97 Å². The van der Waals surface area contributed by atoms with E-state index in [0.717, 1.165) is 11.1 Å². The molecule has 0 atom stereocenters. The molecule has 7 nitrogen and oxygen atoms in total. The fraction of sp³-hybridized carbons (Fsp3) is 0.190. The van der Waals surface area contributed by atoms with Crippen molar-refractivity contribution in [3.63, 3.8) is 0 Å². The summed E-state index contributed by atoms with van der Waals surface area (Å²) in [6, 6.07) is 16.5. The van der Waals surface area contributed by atoms with Crippen molar-refractivity contribution in [2.45, 2.75) is 13.5 Å². The van der Waals surface area contributed by atoms with Crippen LogP contribution in [0.3, 0.4) is 0 Å². The average molecular weight is 380 g/mol. The van der Waals surface area contributed by atoms with Crippen LogP contribution >= 0.6 is 0 Å². The molecule has 3 rings (SSSR count). The van der Waals surface area contributed by atoms with Crippen LogP contribution in [0.5, 0.6) is 5.75 Å². The van der Waals surface area contributed by atoms with Crippen molar-refractivity contribution in [2.75, 3.05) is 13.7 Å². The summed E-state index contributed by atoms with van der Waals surface area (Å²) in [5.74, 6) is -0.0316. The Morgan fingerprint density at radius 3 is 2.64 bits per heavy atom. The van der Waals surface area contributed by atoms with Gasteiger partial charge in [0, 0.05) is 12.1 Å². The Morgan fingerprint density at radius 1 is 1.11 bits per heavy atom. The molecule has 144 valence electrons.